The Morgan fingerprint density at radius 2 is 1.69 bits per heavy atom. The third-order valence-electron chi connectivity index (χ3n) is 6.01. The molecular weight excluding hydrogens is 416 g/mol. The van der Waals surface area contributed by atoms with Crippen LogP contribution in [0.5, 0.6) is 0 Å². The molecule has 3 aromatic rings. The molecule has 168 valence electrons. The van der Waals surface area contributed by atoms with Gasteiger partial charge in [-0.3, -0.25) is 9.36 Å². The smallest absolute Gasteiger partial charge is 0.233 e. The number of aromatic nitrogens is 3. The summed E-state index contributed by atoms with van der Waals surface area (Å²) in [5.74, 6) is 0.850. The van der Waals surface area contributed by atoms with E-state index in [1.165, 1.54) is 30.2 Å². The fourth-order valence-corrected chi connectivity index (χ4v) is 4.94. The van der Waals surface area contributed by atoms with Gasteiger partial charge in [-0.2, -0.15) is 0 Å². The summed E-state index contributed by atoms with van der Waals surface area (Å²) in [6.45, 7) is 8.57. The summed E-state index contributed by atoms with van der Waals surface area (Å²) in [6.07, 6.45) is 4.56. The fourth-order valence-electron chi connectivity index (χ4n) is 4.06. The Morgan fingerprint density at radius 1 is 1.03 bits per heavy atom. The van der Waals surface area contributed by atoms with E-state index in [2.05, 4.69) is 65.1 Å². The highest BCUT2D eigenvalue weighted by Crippen LogP contribution is 2.32. The van der Waals surface area contributed by atoms with Crippen LogP contribution in [0.4, 0.5) is 0 Å². The lowest BCUT2D eigenvalue weighted by atomic mass is 9.87. The van der Waals surface area contributed by atoms with Crippen molar-refractivity contribution in [2.45, 2.75) is 75.2 Å². The van der Waals surface area contributed by atoms with Gasteiger partial charge in [0.25, 0.3) is 0 Å². The molecule has 1 saturated carbocycles. The molecule has 0 spiro atoms. The van der Waals surface area contributed by atoms with Crippen LogP contribution in [0.2, 0.25) is 0 Å². The molecule has 4 rings (SSSR count). The van der Waals surface area contributed by atoms with Crippen LogP contribution in [-0.2, 0) is 10.2 Å². The maximum Gasteiger partial charge on any atom is 0.233 e. The van der Waals surface area contributed by atoms with Crippen molar-refractivity contribution >= 4 is 17.7 Å². The van der Waals surface area contributed by atoms with E-state index in [1.807, 2.05) is 37.3 Å². The molecule has 5 nitrogen and oxygen atoms in total. The Hall–Kier alpha value is -2.60. The fraction of sp³-hybridized carbons (Fsp3) is 0.423. The molecule has 1 heterocycles. The van der Waals surface area contributed by atoms with Gasteiger partial charge in [-0.05, 0) is 42.9 Å². The first-order valence-electron chi connectivity index (χ1n) is 11.4. The van der Waals surface area contributed by atoms with Crippen LogP contribution in [0.15, 0.2) is 59.8 Å². The average Bonchev–Trinajstić information content (AvgIpc) is 3.44. The number of nitrogens with one attached hydrogen (secondary N) is 1. The zero-order valence-corrected chi connectivity index (χ0v) is 20.2. The molecule has 1 aliphatic rings. The number of carbonyl (C=O) groups is 1. The van der Waals surface area contributed by atoms with Crippen LogP contribution in [0.1, 0.15) is 58.9 Å². The normalized spacial score (nSPS) is 15.6. The van der Waals surface area contributed by atoms with Crippen LogP contribution in [0.25, 0.3) is 17.1 Å². The van der Waals surface area contributed by atoms with E-state index in [1.54, 1.807) is 0 Å². The zero-order chi connectivity index (χ0) is 22.7. The van der Waals surface area contributed by atoms with Gasteiger partial charge in [0.15, 0.2) is 11.0 Å². The highest BCUT2D eigenvalue weighted by Gasteiger charge is 2.25. The summed E-state index contributed by atoms with van der Waals surface area (Å²) in [5.41, 5.74) is 3.36. The van der Waals surface area contributed by atoms with E-state index in [-0.39, 0.29) is 16.6 Å². The Labute approximate surface area is 195 Å². The first-order chi connectivity index (χ1) is 15.3. The number of hydrogen-bond acceptors (Lipinski definition) is 4. The monoisotopic (exact) mass is 448 g/mol. The molecule has 1 aliphatic carbocycles. The molecule has 1 N–H and O–H groups in total. The molecule has 1 unspecified atom stereocenters. The Balaban J connectivity index is 1.63. The number of rotatable bonds is 6. The van der Waals surface area contributed by atoms with Crippen LogP contribution in [0, 0.1) is 0 Å². The van der Waals surface area contributed by atoms with Gasteiger partial charge < -0.3 is 5.32 Å². The highest BCUT2D eigenvalue weighted by molar-refractivity contribution is 8.00. The molecule has 6 heteroatoms. The quantitative estimate of drug-likeness (QED) is 0.486. The van der Waals surface area contributed by atoms with Crippen LogP contribution in [-0.4, -0.2) is 32.0 Å². The van der Waals surface area contributed by atoms with Crippen molar-refractivity contribution in [3.8, 4) is 17.1 Å². The summed E-state index contributed by atoms with van der Waals surface area (Å²) in [7, 11) is 0. The van der Waals surface area contributed by atoms with E-state index in [9.17, 15) is 4.79 Å². The summed E-state index contributed by atoms with van der Waals surface area (Å²) in [6, 6.07) is 18.9. The second-order valence-corrected chi connectivity index (χ2v) is 10.9. The lowest BCUT2D eigenvalue weighted by Crippen LogP contribution is -2.37. The summed E-state index contributed by atoms with van der Waals surface area (Å²) in [5, 5.41) is 12.7. The predicted molar refractivity (Wildman–Crippen MR) is 131 cm³/mol. The number of amides is 1. The highest BCUT2D eigenvalue weighted by atomic mass is 32.2. The van der Waals surface area contributed by atoms with Gasteiger partial charge in [-0.1, -0.05) is 87.8 Å². The first-order valence-corrected chi connectivity index (χ1v) is 12.3. The zero-order valence-electron chi connectivity index (χ0n) is 19.3. The maximum atomic E-state index is 12.8. The molecule has 0 saturated heterocycles. The minimum atomic E-state index is -0.252. The second kappa shape index (κ2) is 9.49. The van der Waals surface area contributed by atoms with Crippen molar-refractivity contribution in [3.63, 3.8) is 0 Å². The van der Waals surface area contributed by atoms with Crippen LogP contribution in [0.3, 0.4) is 0 Å². The van der Waals surface area contributed by atoms with Gasteiger partial charge in [0.1, 0.15) is 0 Å². The van der Waals surface area contributed by atoms with E-state index in [0.29, 0.717) is 6.04 Å². The molecule has 1 amide bonds. The van der Waals surface area contributed by atoms with E-state index in [0.717, 1.165) is 35.1 Å². The van der Waals surface area contributed by atoms with Crippen molar-refractivity contribution in [2.75, 3.05) is 0 Å². The number of thioether (sulfide) groups is 1. The third-order valence-corrected chi connectivity index (χ3v) is 7.05. The maximum absolute atomic E-state index is 12.8. The molecule has 0 radical (unpaired) electrons. The summed E-state index contributed by atoms with van der Waals surface area (Å²) >= 11 is 1.46. The van der Waals surface area contributed by atoms with E-state index >= 15 is 0 Å². The van der Waals surface area contributed by atoms with Gasteiger partial charge in [0, 0.05) is 17.3 Å². The Morgan fingerprint density at radius 3 is 2.31 bits per heavy atom. The lowest BCUT2D eigenvalue weighted by Gasteiger charge is -2.19. The number of carbonyl (C=O) groups excluding carboxylic acids is 1. The molecular formula is C26H32N4OS. The molecule has 0 bridgehead atoms. The average molecular weight is 449 g/mol. The molecule has 1 aromatic heterocycles. The second-order valence-electron chi connectivity index (χ2n) is 9.55. The third kappa shape index (κ3) is 5.07. The molecule has 1 atom stereocenters. The topological polar surface area (TPSA) is 59.8 Å². The van der Waals surface area contributed by atoms with Crippen molar-refractivity contribution < 1.29 is 4.79 Å². The van der Waals surface area contributed by atoms with Gasteiger partial charge >= 0.3 is 0 Å². The largest absolute Gasteiger partial charge is 0.352 e. The SMILES string of the molecule is CC(Sc1nnc(-c2ccc(C(C)(C)C)cc2)n1-c1ccccc1)C(=O)NC1CCCC1. The van der Waals surface area contributed by atoms with Crippen molar-refractivity contribution in [3.05, 3.63) is 60.2 Å². The minimum absolute atomic E-state index is 0.0700. The van der Waals surface area contributed by atoms with Gasteiger partial charge in [0.2, 0.25) is 5.91 Å². The Bertz CT molecular complexity index is 1050. The number of nitrogens with zero attached hydrogens (tertiary/aromatic N) is 3. The number of para-hydroxylation sites is 1. The van der Waals surface area contributed by atoms with Gasteiger partial charge in [-0.15, -0.1) is 10.2 Å². The van der Waals surface area contributed by atoms with Crippen LogP contribution < -0.4 is 5.32 Å². The summed E-state index contributed by atoms with van der Waals surface area (Å²) in [4.78, 5) is 12.8. The molecule has 2 aromatic carbocycles. The minimum Gasteiger partial charge on any atom is -0.352 e. The number of hydrogen-bond donors (Lipinski definition) is 1. The van der Waals surface area contributed by atoms with E-state index in [4.69, 9.17) is 0 Å². The number of benzene rings is 2. The Kier molecular flexibility index (Phi) is 6.70. The standard InChI is InChI=1S/C26H32N4OS/c1-18(24(31)27-21-10-8-9-11-21)32-25-29-28-23(30(25)22-12-6-5-7-13-22)19-14-16-20(17-15-19)26(2,3)4/h5-7,12-18,21H,8-11H2,1-4H3,(H,27,31). The van der Waals surface area contributed by atoms with Crippen molar-refractivity contribution in [1.82, 2.24) is 20.1 Å². The van der Waals surface area contributed by atoms with Gasteiger partial charge in [0.05, 0.1) is 5.25 Å². The molecule has 32 heavy (non-hydrogen) atoms. The molecule has 0 aliphatic heterocycles. The van der Waals surface area contributed by atoms with Gasteiger partial charge in [-0.25, -0.2) is 0 Å². The van der Waals surface area contributed by atoms with Crippen molar-refractivity contribution in [2.24, 2.45) is 0 Å². The molecule has 1 fully saturated rings. The predicted octanol–water partition coefficient (Wildman–Crippen LogP) is 5.77. The van der Waals surface area contributed by atoms with Crippen molar-refractivity contribution in [1.29, 1.82) is 0 Å². The van der Waals surface area contributed by atoms with Crippen LogP contribution >= 0.6 is 11.8 Å². The summed E-state index contributed by atoms with van der Waals surface area (Å²) < 4.78 is 2.05. The first kappa shape index (κ1) is 22.6. The van der Waals surface area contributed by atoms with E-state index < -0.39 is 0 Å². The lowest BCUT2D eigenvalue weighted by molar-refractivity contribution is -0.120.